The van der Waals surface area contributed by atoms with Crippen molar-refractivity contribution in [2.45, 2.75) is 24.3 Å². The fourth-order valence-electron chi connectivity index (χ4n) is 2.44. The molecular weight excluding hydrogens is 371 g/mol. The largest absolute Gasteiger partial charge is 0.434 e. The second-order valence-electron chi connectivity index (χ2n) is 5.04. The molecule has 2 aromatic rings. The third-order valence-electron chi connectivity index (χ3n) is 3.48. The fraction of sp³-hybridized carbons (Fsp3) is 0.385. The maximum absolute atomic E-state index is 13.1. The number of pyridine rings is 1. The maximum Gasteiger partial charge on any atom is 0.434 e. The first kappa shape index (κ1) is 16.7. The summed E-state index contributed by atoms with van der Waals surface area (Å²) in [5.74, 6) is 0.335. The number of rotatable bonds is 2. The number of thiazole rings is 1. The van der Waals surface area contributed by atoms with Crippen LogP contribution in [0.3, 0.4) is 0 Å². The Morgan fingerprint density at radius 2 is 2.17 bits per heavy atom. The van der Waals surface area contributed by atoms with Gasteiger partial charge in [-0.25, -0.2) is 14.2 Å². The molecule has 2 aromatic heterocycles. The van der Waals surface area contributed by atoms with E-state index in [1.165, 1.54) is 6.20 Å². The third kappa shape index (κ3) is 3.51. The molecular formula is C13H11ClF3N3OS2. The molecule has 0 amide bonds. The summed E-state index contributed by atoms with van der Waals surface area (Å²) in [7, 11) is -2.72. The molecule has 1 saturated heterocycles. The lowest BCUT2D eigenvalue weighted by molar-refractivity contribution is -0.140. The predicted octanol–water partition coefficient (Wildman–Crippen LogP) is 4.84. The van der Waals surface area contributed by atoms with Crippen molar-refractivity contribution in [3.8, 4) is 0 Å². The number of nitrogens with zero attached hydrogens (tertiary/aromatic N) is 3. The van der Waals surface area contributed by atoms with E-state index in [4.69, 9.17) is 11.6 Å². The van der Waals surface area contributed by atoms with Crippen LogP contribution in [0.25, 0.3) is 0 Å². The summed E-state index contributed by atoms with van der Waals surface area (Å²) in [5.41, 5.74) is -0.278. The van der Waals surface area contributed by atoms with Crippen LogP contribution < -0.4 is 0 Å². The molecule has 0 N–H and O–H groups in total. The highest BCUT2D eigenvalue weighted by atomic mass is 35.5. The Hall–Kier alpha value is -1.19. The van der Waals surface area contributed by atoms with Gasteiger partial charge in [-0.2, -0.15) is 17.5 Å². The van der Waals surface area contributed by atoms with E-state index < -0.39 is 21.6 Å². The average Bonchev–Trinajstić information content (AvgIpc) is 3.07. The monoisotopic (exact) mass is 381 g/mol. The molecule has 0 aliphatic carbocycles. The lowest BCUT2D eigenvalue weighted by Gasteiger charge is -2.13. The molecule has 1 fully saturated rings. The van der Waals surface area contributed by atoms with Gasteiger partial charge in [0.05, 0.1) is 15.0 Å². The topological polar surface area (TPSA) is 55.2 Å². The maximum atomic E-state index is 13.1. The summed E-state index contributed by atoms with van der Waals surface area (Å²) < 4.78 is 55.0. The number of halogens is 4. The highest BCUT2D eigenvalue weighted by Crippen LogP contribution is 2.39. The van der Waals surface area contributed by atoms with Gasteiger partial charge in [-0.1, -0.05) is 17.7 Å². The quantitative estimate of drug-likeness (QED) is 0.699. The van der Waals surface area contributed by atoms with Gasteiger partial charge in [0, 0.05) is 17.3 Å². The van der Waals surface area contributed by atoms with Crippen LogP contribution in [0.1, 0.15) is 29.3 Å². The van der Waals surface area contributed by atoms with Gasteiger partial charge in [0.1, 0.15) is 5.15 Å². The van der Waals surface area contributed by atoms with E-state index in [1.54, 1.807) is 12.1 Å². The van der Waals surface area contributed by atoms with Crippen molar-refractivity contribution in [2.24, 2.45) is 4.36 Å². The van der Waals surface area contributed by atoms with Gasteiger partial charge in [-0.3, -0.25) is 0 Å². The average molecular weight is 382 g/mol. The van der Waals surface area contributed by atoms with Crippen molar-refractivity contribution >= 4 is 37.8 Å². The molecule has 2 unspecified atom stereocenters. The van der Waals surface area contributed by atoms with E-state index in [2.05, 4.69) is 14.3 Å². The number of alkyl halides is 3. The Morgan fingerprint density at radius 1 is 1.39 bits per heavy atom. The van der Waals surface area contributed by atoms with Gasteiger partial charge in [0.25, 0.3) is 0 Å². The molecule has 1 aliphatic rings. The van der Waals surface area contributed by atoms with Gasteiger partial charge in [-0.15, -0.1) is 11.3 Å². The van der Waals surface area contributed by atoms with Gasteiger partial charge in [0.2, 0.25) is 5.13 Å². The lowest BCUT2D eigenvalue weighted by atomic mass is 10.1. The molecule has 23 heavy (non-hydrogen) atoms. The van der Waals surface area contributed by atoms with Crippen molar-refractivity contribution in [1.82, 2.24) is 9.97 Å². The summed E-state index contributed by atoms with van der Waals surface area (Å²) in [5, 5.41) is 0.738. The Balaban J connectivity index is 1.97. The van der Waals surface area contributed by atoms with Crippen molar-refractivity contribution in [2.75, 3.05) is 5.75 Å². The van der Waals surface area contributed by atoms with Crippen LogP contribution >= 0.6 is 22.9 Å². The first-order valence-electron chi connectivity index (χ1n) is 6.66. The molecule has 1 aliphatic heterocycles. The van der Waals surface area contributed by atoms with Gasteiger partial charge < -0.3 is 0 Å². The minimum atomic E-state index is -4.52. The van der Waals surface area contributed by atoms with E-state index in [1.807, 2.05) is 0 Å². The van der Waals surface area contributed by atoms with Gasteiger partial charge in [0.15, 0.2) is 5.69 Å². The van der Waals surface area contributed by atoms with E-state index >= 15 is 0 Å². The smallest absolute Gasteiger partial charge is 0.249 e. The lowest BCUT2D eigenvalue weighted by Crippen LogP contribution is -2.08. The molecule has 10 heteroatoms. The van der Waals surface area contributed by atoms with Crippen LogP contribution in [0.15, 0.2) is 28.1 Å². The first-order chi connectivity index (χ1) is 10.8. The normalized spacial score (nSPS) is 24.8. The molecule has 0 saturated carbocycles. The summed E-state index contributed by atoms with van der Waals surface area (Å²) in [6.45, 7) is 0. The predicted molar refractivity (Wildman–Crippen MR) is 83.4 cm³/mol. The van der Waals surface area contributed by atoms with E-state index in [9.17, 15) is 17.4 Å². The van der Waals surface area contributed by atoms with E-state index in [-0.39, 0.29) is 10.4 Å². The highest BCUT2D eigenvalue weighted by Gasteiger charge is 2.35. The third-order valence-corrected chi connectivity index (χ3v) is 7.31. The molecule has 3 heterocycles. The number of hydrogen-bond donors (Lipinski definition) is 0. The zero-order chi connectivity index (χ0) is 16.7. The molecule has 0 aromatic carbocycles. The Morgan fingerprint density at radius 3 is 2.78 bits per heavy atom. The number of hydrogen-bond acceptors (Lipinski definition) is 5. The fourth-order valence-corrected chi connectivity index (χ4v) is 6.14. The van der Waals surface area contributed by atoms with Crippen molar-refractivity contribution in [3.63, 3.8) is 0 Å². The summed E-state index contributed by atoms with van der Waals surface area (Å²) >= 11 is 6.49. The van der Waals surface area contributed by atoms with Crippen LogP contribution in [0.5, 0.6) is 0 Å². The Bertz CT molecular complexity index is 826. The van der Waals surface area contributed by atoms with Crippen LogP contribution in [0.2, 0.25) is 5.15 Å². The molecule has 0 radical (unpaired) electrons. The van der Waals surface area contributed by atoms with E-state index in [0.29, 0.717) is 23.7 Å². The van der Waals surface area contributed by atoms with Crippen LogP contribution in [0.4, 0.5) is 18.3 Å². The second kappa shape index (κ2) is 6.03. The molecule has 4 nitrogen and oxygen atoms in total. The summed E-state index contributed by atoms with van der Waals surface area (Å²) in [4.78, 5) is 7.41. The van der Waals surface area contributed by atoms with Crippen LogP contribution in [0, 0.1) is 0 Å². The molecule has 124 valence electrons. The second-order valence-corrected chi connectivity index (χ2v) is 8.81. The molecule has 0 spiro atoms. The minimum absolute atomic E-state index is 0.101. The van der Waals surface area contributed by atoms with Gasteiger partial charge >= 0.3 is 6.18 Å². The first-order valence-corrected chi connectivity index (χ1v) is 9.66. The molecule has 3 rings (SSSR count). The highest BCUT2D eigenvalue weighted by molar-refractivity contribution is 7.94. The number of aromatic nitrogens is 2. The Kier molecular flexibility index (Phi) is 4.37. The zero-order valence-corrected chi connectivity index (χ0v) is 14.0. The van der Waals surface area contributed by atoms with Crippen molar-refractivity contribution < 1.29 is 17.4 Å². The van der Waals surface area contributed by atoms with Gasteiger partial charge in [-0.05, 0) is 24.5 Å². The SMILES string of the molecule is O=S1(=Nc2nc(C(F)(F)F)cs2)CCCC1c1ccc(Cl)nc1. The van der Waals surface area contributed by atoms with Crippen molar-refractivity contribution in [3.05, 3.63) is 40.1 Å². The zero-order valence-electron chi connectivity index (χ0n) is 11.6. The standard InChI is InChI=1S/C13H11ClF3N3OS2/c14-11-4-3-8(6-18-11)9-2-1-5-23(9,21)20-12-19-10(7-22-12)13(15,16)17/h3-4,6-7,9H,1-2,5H2. The van der Waals surface area contributed by atoms with Crippen LogP contribution in [-0.2, 0) is 15.9 Å². The van der Waals surface area contributed by atoms with Crippen molar-refractivity contribution in [1.29, 1.82) is 0 Å². The molecule has 0 bridgehead atoms. The summed E-state index contributed by atoms with van der Waals surface area (Å²) in [6, 6.07) is 3.32. The van der Waals surface area contributed by atoms with Crippen LogP contribution in [-0.4, -0.2) is 19.9 Å². The Labute approximate surface area is 139 Å². The van der Waals surface area contributed by atoms with E-state index in [0.717, 1.165) is 22.3 Å². The summed E-state index contributed by atoms with van der Waals surface area (Å²) in [6.07, 6.45) is -1.66. The molecule has 2 atom stereocenters. The minimum Gasteiger partial charge on any atom is -0.249 e.